The smallest absolute Gasteiger partial charge is 0.376 e. The highest BCUT2D eigenvalue weighted by Gasteiger charge is 2.34. The first kappa shape index (κ1) is 8.90. The fourth-order valence-electron chi connectivity index (χ4n) is 0.809. The maximum Gasteiger partial charge on any atom is 0.470 e. The SMILES string of the molecule is Cn1nc([N+](=O)[O-])c([N+](=O)[O-])c1N. The zero-order valence-electron chi connectivity index (χ0n) is 6.50. The summed E-state index contributed by atoms with van der Waals surface area (Å²) in [6.07, 6.45) is 0. The molecule has 0 saturated carbocycles. The van der Waals surface area contributed by atoms with Gasteiger partial charge in [0.1, 0.15) is 0 Å². The molecule has 2 N–H and O–H groups in total. The highest BCUT2D eigenvalue weighted by atomic mass is 16.6. The number of nitrogen functional groups attached to an aromatic ring is 1. The summed E-state index contributed by atoms with van der Waals surface area (Å²) in [5, 5.41) is 23.9. The van der Waals surface area contributed by atoms with Gasteiger partial charge >= 0.3 is 11.5 Å². The minimum Gasteiger partial charge on any atom is -0.376 e. The van der Waals surface area contributed by atoms with Gasteiger partial charge in [-0.15, -0.1) is 0 Å². The van der Waals surface area contributed by atoms with Crippen molar-refractivity contribution in [2.75, 3.05) is 5.73 Å². The Morgan fingerprint density at radius 2 is 1.92 bits per heavy atom. The Balaban J connectivity index is 3.44. The number of hydrogen-bond donors (Lipinski definition) is 1. The number of anilines is 1. The normalized spacial score (nSPS) is 9.92. The second-order valence-corrected chi connectivity index (χ2v) is 2.20. The van der Waals surface area contributed by atoms with Gasteiger partial charge in [-0.1, -0.05) is 0 Å². The first-order chi connectivity index (χ1) is 5.95. The number of hydrogen-bond acceptors (Lipinski definition) is 6. The van der Waals surface area contributed by atoms with Gasteiger partial charge < -0.3 is 15.8 Å². The lowest BCUT2D eigenvalue weighted by atomic mass is 10.5. The Hall–Kier alpha value is -2.19. The molecular weight excluding hydrogens is 182 g/mol. The van der Waals surface area contributed by atoms with E-state index >= 15 is 0 Å². The summed E-state index contributed by atoms with van der Waals surface area (Å²) in [4.78, 5) is 18.7. The highest BCUT2D eigenvalue weighted by Crippen LogP contribution is 2.30. The third-order valence-electron chi connectivity index (χ3n) is 1.40. The molecule has 0 aliphatic rings. The van der Waals surface area contributed by atoms with Crippen LogP contribution in [0.3, 0.4) is 0 Å². The summed E-state index contributed by atoms with van der Waals surface area (Å²) >= 11 is 0. The second-order valence-electron chi connectivity index (χ2n) is 2.20. The molecule has 0 aromatic carbocycles. The van der Waals surface area contributed by atoms with Gasteiger partial charge in [0.05, 0.1) is 17.1 Å². The van der Waals surface area contributed by atoms with Crippen LogP contribution in [0.15, 0.2) is 0 Å². The lowest BCUT2D eigenvalue weighted by molar-refractivity contribution is -0.424. The molecule has 0 fully saturated rings. The molecular formula is C4H5N5O4. The monoisotopic (exact) mass is 187 g/mol. The molecule has 0 unspecified atom stereocenters. The first-order valence-corrected chi connectivity index (χ1v) is 3.06. The molecule has 9 nitrogen and oxygen atoms in total. The summed E-state index contributed by atoms with van der Waals surface area (Å²) < 4.78 is 0.885. The van der Waals surface area contributed by atoms with Crippen LogP contribution in [0.2, 0.25) is 0 Å². The maximum atomic E-state index is 10.3. The van der Waals surface area contributed by atoms with Crippen LogP contribution in [0, 0.1) is 20.2 Å². The lowest BCUT2D eigenvalue weighted by Gasteiger charge is -1.88. The molecule has 0 aliphatic heterocycles. The number of aromatic nitrogens is 2. The zero-order chi connectivity index (χ0) is 10.2. The average molecular weight is 187 g/mol. The summed E-state index contributed by atoms with van der Waals surface area (Å²) in [5.41, 5.74) is 4.43. The molecule has 0 spiro atoms. The van der Waals surface area contributed by atoms with Gasteiger partial charge in [-0.2, -0.15) is 4.68 Å². The van der Waals surface area contributed by atoms with Crippen molar-refractivity contribution in [3.05, 3.63) is 20.2 Å². The molecule has 1 heterocycles. The van der Waals surface area contributed by atoms with Crippen molar-refractivity contribution in [3.8, 4) is 0 Å². The van der Waals surface area contributed by atoms with Gasteiger partial charge in [-0.3, -0.25) is 10.1 Å². The molecule has 13 heavy (non-hydrogen) atoms. The Bertz CT molecular complexity index is 382. The molecule has 9 heteroatoms. The van der Waals surface area contributed by atoms with Gasteiger partial charge in [-0.05, 0) is 4.92 Å². The average Bonchev–Trinajstić information content (AvgIpc) is 2.28. The molecule has 0 atom stereocenters. The molecule has 1 aromatic heterocycles. The van der Waals surface area contributed by atoms with Crippen LogP contribution in [0.4, 0.5) is 17.3 Å². The van der Waals surface area contributed by atoms with E-state index in [4.69, 9.17) is 5.73 Å². The molecule has 70 valence electrons. The van der Waals surface area contributed by atoms with Crippen LogP contribution < -0.4 is 5.73 Å². The summed E-state index contributed by atoms with van der Waals surface area (Å²) in [6, 6.07) is 0. The van der Waals surface area contributed by atoms with E-state index in [9.17, 15) is 20.2 Å². The standard InChI is InChI=1S/C4H5N5O4/c1-7-3(5)2(8(10)11)4(6-7)9(12)13/h5H2,1H3. The van der Waals surface area contributed by atoms with E-state index in [1.165, 1.54) is 7.05 Å². The van der Waals surface area contributed by atoms with E-state index in [0.29, 0.717) is 0 Å². The molecule has 0 radical (unpaired) electrons. The highest BCUT2D eigenvalue weighted by molar-refractivity contribution is 5.63. The van der Waals surface area contributed by atoms with Crippen LogP contribution in [-0.2, 0) is 7.05 Å². The summed E-state index contributed by atoms with van der Waals surface area (Å²) in [6.45, 7) is 0. The third-order valence-corrected chi connectivity index (χ3v) is 1.40. The molecule has 0 amide bonds. The van der Waals surface area contributed by atoms with E-state index in [1.807, 2.05) is 0 Å². The number of nitro groups is 2. The Kier molecular flexibility index (Phi) is 1.85. The van der Waals surface area contributed by atoms with Gasteiger partial charge in [0.25, 0.3) is 0 Å². The number of nitrogens with zero attached hydrogens (tertiary/aromatic N) is 4. The maximum absolute atomic E-state index is 10.3. The van der Waals surface area contributed by atoms with E-state index in [2.05, 4.69) is 5.10 Å². The molecule has 0 saturated heterocycles. The second kappa shape index (κ2) is 2.69. The third kappa shape index (κ3) is 1.26. The fraction of sp³-hybridized carbons (Fsp3) is 0.250. The Labute approximate surface area is 71.0 Å². The quantitative estimate of drug-likeness (QED) is 0.504. The Morgan fingerprint density at radius 1 is 1.38 bits per heavy atom. The van der Waals surface area contributed by atoms with E-state index in [0.717, 1.165) is 4.68 Å². The van der Waals surface area contributed by atoms with Gasteiger partial charge in [0.15, 0.2) is 0 Å². The van der Waals surface area contributed by atoms with Crippen molar-refractivity contribution >= 4 is 17.3 Å². The molecule has 0 aliphatic carbocycles. The van der Waals surface area contributed by atoms with E-state index < -0.39 is 21.4 Å². The predicted molar refractivity (Wildman–Crippen MR) is 40.9 cm³/mol. The summed E-state index contributed by atoms with van der Waals surface area (Å²) in [5.74, 6) is -1.18. The molecule has 1 rings (SSSR count). The van der Waals surface area contributed by atoms with Crippen molar-refractivity contribution < 1.29 is 9.85 Å². The number of aryl methyl sites for hydroxylation is 1. The Morgan fingerprint density at radius 3 is 2.23 bits per heavy atom. The lowest BCUT2D eigenvalue weighted by Crippen LogP contribution is -1.99. The van der Waals surface area contributed by atoms with Gasteiger partial charge in [0.2, 0.25) is 5.82 Å². The minimum absolute atomic E-state index is 0.336. The van der Waals surface area contributed by atoms with E-state index in [-0.39, 0.29) is 5.82 Å². The van der Waals surface area contributed by atoms with Gasteiger partial charge in [0, 0.05) is 0 Å². The summed E-state index contributed by atoms with van der Waals surface area (Å²) in [7, 11) is 1.29. The fourth-order valence-corrected chi connectivity index (χ4v) is 0.809. The first-order valence-electron chi connectivity index (χ1n) is 3.06. The number of rotatable bonds is 2. The topological polar surface area (TPSA) is 130 Å². The van der Waals surface area contributed by atoms with Crippen molar-refractivity contribution in [1.29, 1.82) is 0 Å². The van der Waals surface area contributed by atoms with Crippen molar-refractivity contribution in [2.24, 2.45) is 7.05 Å². The largest absolute Gasteiger partial charge is 0.470 e. The number of nitrogens with two attached hydrogens (primary N) is 1. The molecule has 1 aromatic rings. The van der Waals surface area contributed by atoms with Crippen molar-refractivity contribution in [2.45, 2.75) is 0 Å². The van der Waals surface area contributed by atoms with E-state index in [1.54, 1.807) is 0 Å². The van der Waals surface area contributed by atoms with Gasteiger partial charge in [-0.25, -0.2) is 0 Å². The minimum atomic E-state index is -0.950. The predicted octanol–water partition coefficient (Wildman–Crippen LogP) is -0.181. The van der Waals surface area contributed by atoms with Crippen LogP contribution in [-0.4, -0.2) is 19.6 Å². The van der Waals surface area contributed by atoms with Crippen LogP contribution in [0.1, 0.15) is 0 Å². The van der Waals surface area contributed by atoms with Crippen molar-refractivity contribution in [1.82, 2.24) is 9.78 Å². The van der Waals surface area contributed by atoms with Crippen LogP contribution in [0.25, 0.3) is 0 Å². The van der Waals surface area contributed by atoms with Crippen LogP contribution >= 0.6 is 0 Å². The van der Waals surface area contributed by atoms with Crippen LogP contribution in [0.5, 0.6) is 0 Å². The van der Waals surface area contributed by atoms with Crippen molar-refractivity contribution in [3.63, 3.8) is 0 Å². The molecule has 0 bridgehead atoms. The zero-order valence-corrected chi connectivity index (χ0v) is 6.50.